The zero-order chi connectivity index (χ0) is 15.1. The highest BCUT2D eigenvalue weighted by atomic mass is 19.1. The quantitative estimate of drug-likeness (QED) is 0.859. The van der Waals surface area contributed by atoms with Gasteiger partial charge in [-0.15, -0.1) is 0 Å². The van der Waals surface area contributed by atoms with Crippen LogP contribution in [0.1, 0.15) is 0 Å². The number of amides is 2. The Hall–Kier alpha value is -2.56. The summed E-state index contributed by atoms with van der Waals surface area (Å²) in [5.41, 5.74) is 0.796. The van der Waals surface area contributed by atoms with E-state index in [-0.39, 0.29) is 18.4 Å². The first-order valence-corrected chi connectivity index (χ1v) is 6.62. The maximum atomic E-state index is 13.3. The molecule has 0 bridgehead atoms. The van der Waals surface area contributed by atoms with Crippen molar-refractivity contribution in [1.29, 1.82) is 0 Å². The highest BCUT2D eigenvalue weighted by molar-refractivity contribution is 5.91. The average Bonchev–Trinajstić information content (AvgIpc) is 2.53. The summed E-state index contributed by atoms with van der Waals surface area (Å²) in [6.45, 7) is 0.500. The molecular weight excluding hydrogens is 271 g/mol. The van der Waals surface area contributed by atoms with Gasteiger partial charge in [-0.25, -0.2) is 9.18 Å². The van der Waals surface area contributed by atoms with Crippen LogP contribution in [0.25, 0.3) is 0 Å². The molecule has 4 nitrogen and oxygen atoms in total. The Balaban J connectivity index is 1.76. The Morgan fingerprint density at radius 1 is 1.14 bits per heavy atom. The smallest absolute Gasteiger partial charge is 0.321 e. The lowest BCUT2D eigenvalue weighted by molar-refractivity contribution is 0.242. The summed E-state index contributed by atoms with van der Waals surface area (Å²) in [6.07, 6.45) is 0. The number of halogens is 1. The summed E-state index contributed by atoms with van der Waals surface area (Å²) in [7, 11) is 1.68. The summed E-state index contributed by atoms with van der Waals surface area (Å²) in [5, 5.41) is 2.71. The summed E-state index contributed by atoms with van der Waals surface area (Å²) < 4.78 is 18.6. The number of nitrogens with one attached hydrogen (secondary N) is 1. The normalized spacial score (nSPS) is 10.0. The van der Waals surface area contributed by atoms with Crippen molar-refractivity contribution in [3.8, 4) is 5.75 Å². The Bertz CT molecular complexity index is 590. The number of hydrogen-bond acceptors (Lipinski definition) is 2. The zero-order valence-electron chi connectivity index (χ0n) is 11.8. The minimum atomic E-state index is -0.412. The third-order valence-electron chi connectivity index (χ3n) is 2.92. The van der Waals surface area contributed by atoms with Crippen molar-refractivity contribution in [3.63, 3.8) is 0 Å². The highest BCUT2D eigenvalue weighted by Gasteiger charge is 2.09. The standard InChI is InChI=1S/C16H17FN2O2/c1-19(13-7-3-2-4-8-13)16(20)18-11-12-21-15-10-6-5-9-14(15)17/h2-10H,11-12H2,1H3,(H,18,20). The molecular formula is C16H17FN2O2. The maximum absolute atomic E-state index is 13.3. The fourth-order valence-electron chi connectivity index (χ4n) is 1.77. The zero-order valence-corrected chi connectivity index (χ0v) is 11.8. The third-order valence-corrected chi connectivity index (χ3v) is 2.92. The average molecular weight is 288 g/mol. The van der Waals surface area contributed by atoms with Crippen LogP contribution in [0, 0.1) is 5.82 Å². The lowest BCUT2D eigenvalue weighted by Gasteiger charge is -2.18. The molecule has 0 heterocycles. The van der Waals surface area contributed by atoms with E-state index in [1.165, 1.54) is 11.0 Å². The highest BCUT2D eigenvalue weighted by Crippen LogP contribution is 2.15. The minimum Gasteiger partial charge on any atom is -0.489 e. The van der Waals surface area contributed by atoms with Gasteiger partial charge in [0.2, 0.25) is 0 Å². The Kier molecular flexibility index (Phi) is 5.15. The van der Waals surface area contributed by atoms with Crippen LogP contribution in [0.2, 0.25) is 0 Å². The fourth-order valence-corrected chi connectivity index (χ4v) is 1.77. The molecule has 0 saturated heterocycles. The summed E-state index contributed by atoms with van der Waals surface area (Å²) in [5.74, 6) is -0.228. The summed E-state index contributed by atoms with van der Waals surface area (Å²) >= 11 is 0. The largest absolute Gasteiger partial charge is 0.489 e. The molecule has 0 fully saturated rings. The lowest BCUT2D eigenvalue weighted by atomic mass is 10.3. The van der Waals surface area contributed by atoms with E-state index in [9.17, 15) is 9.18 Å². The summed E-state index contributed by atoms with van der Waals surface area (Å²) in [4.78, 5) is 13.4. The van der Waals surface area contributed by atoms with Crippen molar-refractivity contribution in [1.82, 2.24) is 5.32 Å². The molecule has 0 atom stereocenters. The molecule has 1 N–H and O–H groups in total. The molecule has 0 radical (unpaired) electrons. The third kappa shape index (κ3) is 4.21. The van der Waals surface area contributed by atoms with Gasteiger partial charge in [0.1, 0.15) is 6.61 Å². The number of urea groups is 1. The van der Waals surface area contributed by atoms with Gasteiger partial charge < -0.3 is 10.1 Å². The van der Waals surface area contributed by atoms with E-state index in [1.54, 1.807) is 25.2 Å². The number of carbonyl (C=O) groups excluding carboxylic acids is 1. The maximum Gasteiger partial charge on any atom is 0.321 e. The van der Waals surface area contributed by atoms with Crippen LogP contribution < -0.4 is 15.0 Å². The molecule has 0 aliphatic heterocycles. The van der Waals surface area contributed by atoms with Gasteiger partial charge in [-0.3, -0.25) is 4.90 Å². The number of carbonyl (C=O) groups is 1. The Morgan fingerprint density at radius 2 is 1.81 bits per heavy atom. The van der Waals surface area contributed by atoms with Gasteiger partial charge in [0.05, 0.1) is 6.54 Å². The molecule has 5 heteroatoms. The van der Waals surface area contributed by atoms with E-state index < -0.39 is 5.82 Å². The van der Waals surface area contributed by atoms with Crippen LogP contribution in [-0.4, -0.2) is 26.2 Å². The van der Waals surface area contributed by atoms with Gasteiger partial charge in [0.15, 0.2) is 11.6 Å². The predicted octanol–water partition coefficient (Wildman–Crippen LogP) is 3.05. The fraction of sp³-hybridized carbons (Fsp3) is 0.188. The second kappa shape index (κ2) is 7.28. The number of benzene rings is 2. The van der Waals surface area contributed by atoms with Crippen LogP contribution in [0.15, 0.2) is 54.6 Å². The molecule has 2 aromatic carbocycles. The number of rotatable bonds is 5. The van der Waals surface area contributed by atoms with E-state index in [4.69, 9.17) is 4.74 Å². The molecule has 21 heavy (non-hydrogen) atoms. The van der Waals surface area contributed by atoms with Crippen LogP contribution in [-0.2, 0) is 0 Å². The molecule has 0 spiro atoms. The van der Waals surface area contributed by atoms with Gasteiger partial charge in [0.25, 0.3) is 0 Å². The number of ether oxygens (including phenoxy) is 1. The molecule has 2 aromatic rings. The van der Waals surface area contributed by atoms with Gasteiger partial charge in [-0.1, -0.05) is 30.3 Å². The second-order valence-electron chi connectivity index (χ2n) is 4.41. The molecule has 0 aliphatic carbocycles. The van der Waals surface area contributed by atoms with Gasteiger partial charge in [-0.2, -0.15) is 0 Å². The van der Waals surface area contributed by atoms with Crippen LogP contribution in [0.4, 0.5) is 14.9 Å². The van der Waals surface area contributed by atoms with Crippen LogP contribution in [0.3, 0.4) is 0 Å². The lowest BCUT2D eigenvalue weighted by Crippen LogP contribution is -2.39. The van der Waals surface area contributed by atoms with Gasteiger partial charge in [0, 0.05) is 12.7 Å². The second-order valence-corrected chi connectivity index (χ2v) is 4.41. The van der Waals surface area contributed by atoms with E-state index in [2.05, 4.69) is 5.32 Å². The molecule has 0 aliphatic rings. The minimum absolute atomic E-state index is 0.183. The van der Waals surface area contributed by atoms with Crippen LogP contribution in [0.5, 0.6) is 5.75 Å². The number of hydrogen-bond donors (Lipinski definition) is 1. The van der Waals surface area contributed by atoms with Gasteiger partial charge in [-0.05, 0) is 24.3 Å². The molecule has 110 valence electrons. The van der Waals surface area contributed by atoms with Crippen molar-refractivity contribution in [2.75, 3.05) is 25.1 Å². The molecule has 2 rings (SSSR count). The van der Waals surface area contributed by atoms with Crippen molar-refractivity contribution in [2.45, 2.75) is 0 Å². The SMILES string of the molecule is CN(C(=O)NCCOc1ccccc1F)c1ccccc1. The predicted molar refractivity (Wildman–Crippen MR) is 80.1 cm³/mol. The first kappa shape index (κ1) is 14.8. The van der Waals surface area contributed by atoms with Crippen molar-refractivity contribution >= 4 is 11.7 Å². The molecule has 2 amide bonds. The van der Waals surface area contributed by atoms with Crippen molar-refractivity contribution in [3.05, 3.63) is 60.4 Å². The molecule has 0 unspecified atom stereocenters. The number of anilines is 1. The molecule has 0 aromatic heterocycles. The van der Waals surface area contributed by atoms with E-state index in [1.807, 2.05) is 30.3 Å². The van der Waals surface area contributed by atoms with Crippen molar-refractivity contribution in [2.24, 2.45) is 0 Å². The number of para-hydroxylation sites is 2. The van der Waals surface area contributed by atoms with E-state index in [0.717, 1.165) is 5.69 Å². The summed E-state index contributed by atoms with van der Waals surface area (Å²) in [6, 6.07) is 15.2. The molecule has 0 saturated carbocycles. The van der Waals surface area contributed by atoms with E-state index in [0.29, 0.717) is 6.54 Å². The van der Waals surface area contributed by atoms with Crippen LogP contribution >= 0.6 is 0 Å². The van der Waals surface area contributed by atoms with Gasteiger partial charge >= 0.3 is 6.03 Å². The first-order valence-electron chi connectivity index (χ1n) is 6.62. The monoisotopic (exact) mass is 288 g/mol. The Labute approximate surface area is 123 Å². The Morgan fingerprint density at radius 3 is 2.52 bits per heavy atom. The van der Waals surface area contributed by atoms with Crippen molar-refractivity contribution < 1.29 is 13.9 Å². The number of nitrogens with zero attached hydrogens (tertiary/aromatic N) is 1. The topological polar surface area (TPSA) is 41.6 Å². The van der Waals surface area contributed by atoms with E-state index >= 15 is 0 Å². The first-order chi connectivity index (χ1) is 10.2.